The van der Waals surface area contributed by atoms with Gasteiger partial charge in [-0.05, 0) is 24.3 Å². The summed E-state index contributed by atoms with van der Waals surface area (Å²) in [7, 11) is -7.65. The fraction of sp³-hybridized carbons (Fsp3) is 0.444. The zero-order valence-electron chi connectivity index (χ0n) is 10.5. The summed E-state index contributed by atoms with van der Waals surface area (Å²) in [5.41, 5.74) is 0.325. The first-order valence-electron chi connectivity index (χ1n) is 5.36. The third-order valence-corrected chi connectivity index (χ3v) is 6.00. The van der Waals surface area contributed by atoms with E-state index in [1.165, 1.54) is 12.3 Å². The minimum atomic E-state index is -4.00. The van der Waals surface area contributed by atoms with Gasteiger partial charge in [0.1, 0.15) is 9.77 Å². The van der Waals surface area contributed by atoms with Crippen molar-refractivity contribution in [3.05, 3.63) is 15.8 Å². The van der Waals surface area contributed by atoms with E-state index < -0.39 is 26.0 Å². The highest BCUT2D eigenvalue weighted by molar-refractivity contribution is 7.90. The number of hydrogen-bond donors (Lipinski definition) is 3. The third kappa shape index (κ3) is 4.52. The summed E-state index contributed by atoms with van der Waals surface area (Å²) in [6.07, 6.45) is 0.00362. The molecule has 1 aromatic heterocycles. The molecule has 0 fully saturated rings. The first-order valence-corrected chi connectivity index (χ1v) is 9.44. The maximum atomic E-state index is 12.0. The summed E-state index contributed by atoms with van der Waals surface area (Å²) < 4.78 is 47.6. The Balaban J connectivity index is 2.85. The van der Waals surface area contributed by atoms with Gasteiger partial charge in [-0.2, -0.15) is 0 Å². The van der Waals surface area contributed by atoms with Crippen molar-refractivity contribution in [2.24, 2.45) is 5.14 Å². The summed E-state index contributed by atoms with van der Waals surface area (Å²) in [6.45, 7) is 1.34. The van der Waals surface area contributed by atoms with Crippen molar-refractivity contribution in [1.82, 2.24) is 4.72 Å². The van der Waals surface area contributed by atoms with Crippen LogP contribution >= 0.6 is 11.3 Å². The van der Waals surface area contributed by atoms with Crippen molar-refractivity contribution >= 4 is 37.4 Å². The first-order chi connectivity index (χ1) is 9.04. The number of carbonyl (C=O) groups is 1. The Kier molecular flexibility index (Phi) is 5.27. The number of hydrogen-bond acceptors (Lipinski definition) is 6. The average Bonchev–Trinajstić information content (AvgIpc) is 2.66. The Bertz CT molecular complexity index is 704. The van der Waals surface area contributed by atoms with Gasteiger partial charge in [0.2, 0.25) is 20.0 Å². The van der Waals surface area contributed by atoms with Gasteiger partial charge < -0.3 is 5.11 Å². The molecule has 11 heteroatoms. The van der Waals surface area contributed by atoms with E-state index in [-0.39, 0.29) is 28.5 Å². The first kappa shape index (κ1) is 17.0. The van der Waals surface area contributed by atoms with Gasteiger partial charge in [-0.15, -0.1) is 11.3 Å². The molecule has 8 nitrogen and oxygen atoms in total. The van der Waals surface area contributed by atoms with Crippen LogP contribution in [0.15, 0.2) is 10.3 Å². The van der Waals surface area contributed by atoms with Crippen molar-refractivity contribution in [1.29, 1.82) is 0 Å². The van der Waals surface area contributed by atoms with Crippen LogP contribution in [-0.2, 0) is 20.0 Å². The van der Waals surface area contributed by atoms with E-state index in [2.05, 4.69) is 4.72 Å². The van der Waals surface area contributed by atoms with Crippen LogP contribution in [0.4, 0.5) is 0 Å². The number of carboxylic acid groups (broad SMARTS) is 1. The molecule has 0 atom stereocenters. The van der Waals surface area contributed by atoms with Gasteiger partial charge in [0.25, 0.3) is 0 Å². The zero-order chi connectivity index (χ0) is 15.6. The summed E-state index contributed by atoms with van der Waals surface area (Å²) in [5, 5.41) is 15.2. The Morgan fingerprint density at radius 3 is 2.50 bits per heavy atom. The van der Waals surface area contributed by atoms with Crippen LogP contribution in [0, 0.1) is 6.92 Å². The van der Waals surface area contributed by atoms with E-state index in [1.54, 1.807) is 0 Å². The Hall–Kier alpha value is -1.01. The highest BCUT2D eigenvalue weighted by Crippen LogP contribution is 2.26. The highest BCUT2D eigenvalue weighted by Gasteiger charge is 2.26. The Labute approximate surface area is 120 Å². The maximum Gasteiger partial charge on any atom is 0.347 e. The molecular formula is C9H14N2O6S3. The third-order valence-electron chi connectivity index (χ3n) is 2.28. The Morgan fingerprint density at radius 2 is 2.00 bits per heavy atom. The number of nitrogens with one attached hydrogen (secondary N) is 1. The molecule has 20 heavy (non-hydrogen) atoms. The largest absolute Gasteiger partial charge is 0.477 e. The zero-order valence-corrected chi connectivity index (χ0v) is 12.9. The van der Waals surface area contributed by atoms with E-state index in [0.29, 0.717) is 5.56 Å². The van der Waals surface area contributed by atoms with Gasteiger partial charge in [0.15, 0.2) is 0 Å². The fourth-order valence-electron chi connectivity index (χ4n) is 1.47. The van der Waals surface area contributed by atoms with Gasteiger partial charge in [0, 0.05) is 6.54 Å². The molecule has 4 N–H and O–H groups in total. The normalized spacial score (nSPS) is 12.5. The molecule has 114 valence electrons. The second-order valence-electron chi connectivity index (χ2n) is 4.00. The molecule has 0 amide bonds. The lowest BCUT2D eigenvalue weighted by Gasteiger charge is -2.07. The number of aryl methyl sites for hydroxylation is 1. The van der Waals surface area contributed by atoms with Crippen LogP contribution in [0.2, 0.25) is 0 Å². The molecule has 0 unspecified atom stereocenters. The molecule has 0 bridgehead atoms. The smallest absolute Gasteiger partial charge is 0.347 e. The monoisotopic (exact) mass is 342 g/mol. The second-order valence-corrected chi connectivity index (χ2v) is 8.32. The molecule has 0 aliphatic rings. The van der Waals surface area contributed by atoms with E-state index >= 15 is 0 Å². The standard InChI is InChI=1S/C9H14N2O6S3/c1-6-5-18-7(9(12)13)8(6)20(16,17)11-3-2-4-19(10,14)15/h5,11H,2-4H2,1H3,(H,12,13)(H2,10,14,15). The predicted molar refractivity (Wildman–Crippen MR) is 73.8 cm³/mol. The van der Waals surface area contributed by atoms with E-state index in [0.717, 1.165) is 11.3 Å². The molecule has 0 radical (unpaired) electrons. The summed E-state index contributed by atoms with van der Waals surface area (Å²) >= 11 is 0.820. The van der Waals surface area contributed by atoms with Crippen molar-refractivity contribution in [2.75, 3.05) is 12.3 Å². The quantitative estimate of drug-likeness (QED) is 0.581. The van der Waals surface area contributed by atoms with E-state index in [4.69, 9.17) is 10.2 Å². The molecule has 0 aromatic carbocycles. The number of sulfonamides is 2. The second kappa shape index (κ2) is 6.18. The maximum absolute atomic E-state index is 12.0. The number of carboxylic acids is 1. The minimum Gasteiger partial charge on any atom is -0.477 e. The van der Waals surface area contributed by atoms with E-state index in [1.807, 2.05) is 0 Å². The summed E-state index contributed by atoms with van der Waals surface area (Å²) in [5.74, 6) is -1.68. The van der Waals surface area contributed by atoms with Crippen molar-refractivity contribution < 1.29 is 26.7 Å². The molecule has 1 aromatic rings. The lowest BCUT2D eigenvalue weighted by Crippen LogP contribution is -2.28. The van der Waals surface area contributed by atoms with Crippen LogP contribution in [0.3, 0.4) is 0 Å². The van der Waals surface area contributed by atoms with Crippen molar-refractivity contribution in [3.63, 3.8) is 0 Å². The molecular weight excluding hydrogens is 328 g/mol. The Morgan fingerprint density at radius 1 is 1.40 bits per heavy atom. The lowest BCUT2D eigenvalue weighted by molar-refractivity contribution is 0.0698. The molecule has 0 saturated heterocycles. The number of primary sulfonamides is 1. The number of nitrogens with two attached hydrogens (primary N) is 1. The highest BCUT2D eigenvalue weighted by atomic mass is 32.2. The molecule has 0 saturated carbocycles. The van der Waals surface area contributed by atoms with E-state index in [9.17, 15) is 21.6 Å². The number of thiophene rings is 1. The summed E-state index contributed by atoms with van der Waals surface area (Å²) in [6, 6.07) is 0. The van der Waals surface area contributed by atoms with Gasteiger partial charge in [-0.1, -0.05) is 0 Å². The van der Waals surface area contributed by atoms with Crippen LogP contribution in [0.5, 0.6) is 0 Å². The van der Waals surface area contributed by atoms with Gasteiger partial charge >= 0.3 is 5.97 Å². The summed E-state index contributed by atoms with van der Waals surface area (Å²) in [4.78, 5) is 10.4. The molecule has 0 aliphatic carbocycles. The number of aromatic carboxylic acids is 1. The van der Waals surface area contributed by atoms with Crippen LogP contribution in [0.1, 0.15) is 21.7 Å². The van der Waals surface area contributed by atoms with Gasteiger partial charge in [-0.25, -0.2) is 31.5 Å². The van der Waals surface area contributed by atoms with Crippen molar-refractivity contribution in [3.8, 4) is 0 Å². The average molecular weight is 342 g/mol. The molecule has 0 aliphatic heterocycles. The van der Waals surface area contributed by atoms with Crippen LogP contribution < -0.4 is 9.86 Å². The fourth-order valence-corrected chi connectivity index (χ4v) is 4.71. The molecule has 1 heterocycles. The minimum absolute atomic E-state index is 0.00362. The topological polar surface area (TPSA) is 144 Å². The van der Waals surface area contributed by atoms with Crippen LogP contribution in [0.25, 0.3) is 0 Å². The SMILES string of the molecule is Cc1csc(C(=O)O)c1S(=O)(=O)NCCCS(N)(=O)=O. The lowest BCUT2D eigenvalue weighted by atomic mass is 10.3. The van der Waals surface area contributed by atoms with Crippen LogP contribution in [-0.4, -0.2) is 40.2 Å². The van der Waals surface area contributed by atoms with Gasteiger partial charge in [0.05, 0.1) is 5.75 Å². The molecule has 0 spiro atoms. The van der Waals surface area contributed by atoms with Gasteiger partial charge in [-0.3, -0.25) is 0 Å². The predicted octanol–water partition coefficient (Wildman–Crippen LogP) is -0.288. The van der Waals surface area contributed by atoms with Crippen molar-refractivity contribution in [2.45, 2.75) is 18.2 Å². The molecule has 1 rings (SSSR count). The number of rotatable bonds is 7.